The van der Waals surface area contributed by atoms with E-state index in [9.17, 15) is 4.79 Å². The Morgan fingerprint density at radius 2 is 2.12 bits per heavy atom. The molecule has 2 aliphatic carbocycles. The molecule has 2 fully saturated rings. The highest BCUT2D eigenvalue weighted by Crippen LogP contribution is 2.48. The van der Waals surface area contributed by atoms with Crippen molar-refractivity contribution in [3.05, 3.63) is 0 Å². The minimum absolute atomic E-state index is 0.120. The van der Waals surface area contributed by atoms with Gasteiger partial charge in [-0.2, -0.15) is 0 Å². The highest BCUT2D eigenvalue weighted by atomic mass is 35.5. The topological polar surface area (TPSA) is 29.1 Å². The van der Waals surface area contributed by atoms with E-state index in [0.29, 0.717) is 23.6 Å². The van der Waals surface area contributed by atoms with Crippen molar-refractivity contribution in [3.63, 3.8) is 0 Å². The van der Waals surface area contributed by atoms with E-state index in [-0.39, 0.29) is 5.41 Å². The van der Waals surface area contributed by atoms with Gasteiger partial charge in [-0.05, 0) is 42.9 Å². The van der Waals surface area contributed by atoms with Gasteiger partial charge < -0.3 is 5.32 Å². The lowest BCUT2D eigenvalue weighted by atomic mass is 9.87. The fourth-order valence-electron chi connectivity index (χ4n) is 3.37. The monoisotopic (exact) mass is 257 g/mol. The van der Waals surface area contributed by atoms with Crippen LogP contribution in [0.2, 0.25) is 0 Å². The Bertz CT molecular complexity index is 290. The summed E-state index contributed by atoms with van der Waals surface area (Å²) in [5, 5.41) is 3.14. The Kier molecular flexibility index (Phi) is 4.02. The van der Waals surface area contributed by atoms with E-state index in [1.807, 2.05) is 0 Å². The predicted molar refractivity (Wildman–Crippen MR) is 71.1 cm³/mol. The van der Waals surface area contributed by atoms with Crippen LogP contribution in [-0.2, 0) is 4.79 Å². The van der Waals surface area contributed by atoms with Crippen molar-refractivity contribution >= 4 is 17.5 Å². The predicted octanol–water partition coefficient (Wildman–Crippen LogP) is 3.19. The minimum Gasteiger partial charge on any atom is -0.355 e. The molecule has 0 aliphatic heterocycles. The van der Waals surface area contributed by atoms with Gasteiger partial charge in [0.1, 0.15) is 0 Å². The lowest BCUT2D eigenvalue weighted by Gasteiger charge is -2.27. The number of carbonyl (C=O) groups excluding carboxylic acids is 1. The van der Waals surface area contributed by atoms with Crippen LogP contribution in [0.3, 0.4) is 0 Å². The van der Waals surface area contributed by atoms with E-state index in [0.717, 1.165) is 25.3 Å². The molecule has 0 saturated heterocycles. The van der Waals surface area contributed by atoms with Crippen LogP contribution in [0.25, 0.3) is 0 Å². The van der Waals surface area contributed by atoms with Crippen molar-refractivity contribution in [2.24, 2.45) is 23.2 Å². The zero-order chi connectivity index (χ0) is 12.5. The number of carbonyl (C=O) groups is 1. The average Bonchev–Trinajstić information content (AvgIpc) is 2.87. The van der Waals surface area contributed by atoms with Gasteiger partial charge in [0.05, 0.1) is 0 Å². The Morgan fingerprint density at radius 1 is 1.35 bits per heavy atom. The largest absolute Gasteiger partial charge is 0.355 e. The molecular weight excluding hydrogens is 234 g/mol. The molecule has 2 saturated carbocycles. The van der Waals surface area contributed by atoms with E-state index in [1.54, 1.807) is 0 Å². The summed E-state index contributed by atoms with van der Waals surface area (Å²) >= 11 is 5.77. The van der Waals surface area contributed by atoms with Crippen LogP contribution in [0.1, 0.15) is 46.0 Å². The second-order valence-electron chi connectivity index (χ2n) is 6.60. The van der Waals surface area contributed by atoms with Crippen LogP contribution in [0.5, 0.6) is 0 Å². The SMILES string of the molecule is CC(C)(CCCl)CNC(=O)C1CC2CCC1C2. The van der Waals surface area contributed by atoms with Crippen molar-refractivity contribution in [2.45, 2.75) is 46.0 Å². The fourth-order valence-corrected chi connectivity index (χ4v) is 3.88. The van der Waals surface area contributed by atoms with E-state index >= 15 is 0 Å². The molecule has 0 aromatic rings. The molecule has 0 radical (unpaired) electrons. The van der Waals surface area contributed by atoms with Crippen molar-refractivity contribution in [2.75, 3.05) is 12.4 Å². The molecule has 0 spiro atoms. The minimum atomic E-state index is 0.120. The average molecular weight is 258 g/mol. The van der Waals surface area contributed by atoms with Crippen LogP contribution in [0.15, 0.2) is 0 Å². The molecule has 2 bridgehead atoms. The number of hydrogen-bond acceptors (Lipinski definition) is 1. The zero-order valence-corrected chi connectivity index (χ0v) is 11.7. The van der Waals surface area contributed by atoms with Gasteiger partial charge in [0, 0.05) is 18.3 Å². The van der Waals surface area contributed by atoms with Gasteiger partial charge in [0.15, 0.2) is 0 Å². The maximum Gasteiger partial charge on any atom is 0.223 e. The van der Waals surface area contributed by atoms with Crippen molar-refractivity contribution in [3.8, 4) is 0 Å². The van der Waals surface area contributed by atoms with Crippen molar-refractivity contribution in [1.82, 2.24) is 5.32 Å². The maximum atomic E-state index is 12.1. The second-order valence-corrected chi connectivity index (χ2v) is 6.98. The van der Waals surface area contributed by atoms with Gasteiger partial charge in [0.25, 0.3) is 0 Å². The number of alkyl halides is 1. The Balaban J connectivity index is 1.78. The molecule has 1 N–H and O–H groups in total. The standard InChI is InChI=1S/C14H24ClNO/c1-14(2,5-6-15)9-16-13(17)12-8-10-3-4-11(12)7-10/h10-12H,3-9H2,1-2H3,(H,16,17). The number of rotatable bonds is 5. The van der Waals surface area contributed by atoms with Crippen LogP contribution >= 0.6 is 11.6 Å². The van der Waals surface area contributed by atoms with Crippen LogP contribution < -0.4 is 5.32 Å². The summed E-state index contributed by atoms with van der Waals surface area (Å²) in [5.41, 5.74) is 0.120. The molecule has 0 aromatic carbocycles. The maximum absolute atomic E-state index is 12.1. The molecule has 3 unspecified atom stereocenters. The second kappa shape index (κ2) is 5.17. The van der Waals surface area contributed by atoms with E-state index in [1.165, 1.54) is 19.3 Å². The van der Waals surface area contributed by atoms with E-state index < -0.39 is 0 Å². The van der Waals surface area contributed by atoms with Crippen LogP contribution in [0, 0.1) is 23.2 Å². The van der Waals surface area contributed by atoms with Gasteiger partial charge in [0.2, 0.25) is 5.91 Å². The number of hydrogen-bond donors (Lipinski definition) is 1. The third kappa shape index (κ3) is 3.15. The lowest BCUT2D eigenvalue weighted by Crippen LogP contribution is -2.39. The summed E-state index contributed by atoms with van der Waals surface area (Å²) < 4.78 is 0. The van der Waals surface area contributed by atoms with Crippen LogP contribution in [0.4, 0.5) is 0 Å². The summed E-state index contributed by atoms with van der Waals surface area (Å²) in [7, 11) is 0. The smallest absolute Gasteiger partial charge is 0.223 e. The normalized spacial score (nSPS) is 31.8. The van der Waals surface area contributed by atoms with Gasteiger partial charge in [-0.25, -0.2) is 0 Å². The highest BCUT2D eigenvalue weighted by Gasteiger charge is 2.43. The molecule has 17 heavy (non-hydrogen) atoms. The fraction of sp³-hybridized carbons (Fsp3) is 0.929. The molecule has 2 aliphatic rings. The molecule has 0 heterocycles. The summed E-state index contributed by atoms with van der Waals surface area (Å²) in [5.74, 6) is 2.78. The lowest BCUT2D eigenvalue weighted by molar-refractivity contribution is -0.127. The summed E-state index contributed by atoms with van der Waals surface area (Å²) in [6.45, 7) is 5.08. The van der Waals surface area contributed by atoms with Crippen molar-refractivity contribution in [1.29, 1.82) is 0 Å². The first kappa shape index (κ1) is 13.2. The Hall–Kier alpha value is -0.240. The molecule has 2 rings (SSSR count). The Morgan fingerprint density at radius 3 is 2.65 bits per heavy atom. The molecule has 1 amide bonds. The summed E-state index contributed by atoms with van der Waals surface area (Å²) in [4.78, 5) is 12.1. The summed E-state index contributed by atoms with van der Waals surface area (Å²) in [6, 6.07) is 0. The first-order valence-corrected chi connectivity index (χ1v) is 7.39. The third-order valence-electron chi connectivity index (χ3n) is 4.59. The third-order valence-corrected chi connectivity index (χ3v) is 4.78. The van der Waals surface area contributed by atoms with Gasteiger partial charge in [-0.15, -0.1) is 11.6 Å². The van der Waals surface area contributed by atoms with E-state index in [4.69, 9.17) is 11.6 Å². The molecule has 3 heteroatoms. The summed E-state index contributed by atoms with van der Waals surface area (Å²) in [6.07, 6.45) is 6.00. The Labute approximate surface area is 109 Å². The molecule has 0 aromatic heterocycles. The van der Waals surface area contributed by atoms with Crippen molar-refractivity contribution < 1.29 is 4.79 Å². The van der Waals surface area contributed by atoms with E-state index in [2.05, 4.69) is 19.2 Å². The molecule has 3 atom stereocenters. The number of nitrogens with one attached hydrogen (secondary N) is 1. The number of halogens is 1. The van der Waals surface area contributed by atoms with Crippen LogP contribution in [-0.4, -0.2) is 18.3 Å². The number of amides is 1. The first-order chi connectivity index (χ1) is 8.02. The zero-order valence-electron chi connectivity index (χ0n) is 11.0. The first-order valence-electron chi connectivity index (χ1n) is 6.85. The number of fused-ring (bicyclic) bond motifs is 2. The highest BCUT2D eigenvalue weighted by molar-refractivity contribution is 6.17. The molecular formula is C14H24ClNO. The quantitative estimate of drug-likeness (QED) is 0.753. The van der Waals surface area contributed by atoms with Gasteiger partial charge in [-0.3, -0.25) is 4.79 Å². The van der Waals surface area contributed by atoms with Gasteiger partial charge in [-0.1, -0.05) is 20.3 Å². The molecule has 2 nitrogen and oxygen atoms in total. The molecule has 98 valence electrons. The van der Waals surface area contributed by atoms with Gasteiger partial charge >= 0.3 is 0 Å².